The first-order chi connectivity index (χ1) is 5.17. The Balaban J connectivity index is 2.23. The molecule has 0 aromatic heterocycles. The molecule has 0 atom stereocenters. The summed E-state index contributed by atoms with van der Waals surface area (Å²) < 4.78 is 24.8. The first kappa shape index (κ1) is 8.96. The van der Waals surface area contributed by atoms with Crippen LogP contribution in [0.15, 0.2) is 0 Å². The molecular formula is C6H14N2O2S. The lowest BCUT2D eigenvalue weighted by Gasteiger charge is -2.03. The second-order valence-electron chi connectivity index (χ2n) is 2.74. The minimum Gasteiger partial charge on any atom is -0.318 e. The van der Waals surface area contributed by atoms with Crippen LogP contribution in [-0.4, -0.2) is 33.8 Å². The van der Waals surface area contributed by atoms with Gasteiger partial charge in [-0.25, -0.2) is 13.1 Å². The molecule has 0 radical (unpaired) electrons. The average Bonchev–Trinajstić information content (AvgIpc) is 2.68. The average molecular weight is 178 g/mol. The van der Waals surface area contributed by atoms with Gasteiger partial charge < -0.3 is 5.32 Å². The van der Waals surface area contributed by atoms with E-state index < -0.39 is 10.0 Å². The summed E-state index contributed by atoms with van der Waals surface area (Å²) in [5, 5.41) is 2.77. The van der Waals surface area contributed by atoms with E-state index >= 15 is 0 Å². The topological polar surface area (TPSA) is 58.2 Å². The van der Waals surface area contributed by atoms with Gasteiger partial charge in [0.25, 0.3) is 0 Å². The van der Waals surface area contributed by atoms with Crippen LogP contribution in [0.2, 0.25) is 0 Å². The van der Waals surface area contributed by atoms with E-state index in [-0.39, 0.29) is 5.25 Å². The third kappa shape index (κ3) is 2.76. The first-order valence-corrected chi connectivity index (χ1v) is 5.34. The molecule has 4 nitrogen and oxygen atoms in total. The molecule has 0 spiro atoms. The first-order valence-electron chi connectivity index (χ1n) is 3.80. The Bertz CT molecular complexity index is 209. The van der Waals surface area contributed by atoms with Crippen molar-refractivity contribution in [1.29, 1.82) is 0 Å². The lowest BCUT2D eigenvalue weighted by Crippen LogP contribution is -2.32. The summed E-state index contributed by atoms with van der Waals surface area (Å²) in [7, 11) is -1.15. The Morgan fingerprint density at radius 3 is 2.45 bits per heavy atom. The van der Waals surface area contributed by atoms with E-state index in [1.165, 1.54) is 0 Å². The van der Waals surface area contributed by atoms with Crippen molar-refractivity contribution >= 4 is 10.0 Å². The molecule has 0 heterocycles. The number of hydrogen-bond donors (Lipinski definition) is 2. The number of likely N-dealkylation sites (N-methyl/N-ethyl adjacent to an activating group) is 1. The molecule has 0 amide bonds. The van der Waals surface area contributed by atoms with Crippen molar-refractivity contribution in [3.05, 3.63) is 0 Å². The highest BCUT2D eigenvalue weighted by molar-refractivity contribution is 7.90. The van der Waals surface area contributed by atoms with Gasteiger partial charge in [0, 0.05) is 13.1 Å². The molecule has 1 aliphatic carbocycles. The van der Waals surface area contributed by atoms with Crippen LogP contribution in [0.5, 0.6) is 0 Å². The smallest absolute Gasteiger partial charge is 0.214 e. The molecule has 0 unspecified atom stereocenters. The lowest BCUT2D eigenvalue weighted by atomic mass is 10.7. The minimum absolute atomic E-state index is 0.0978. The van der Waals surface area contributed by atoms with Gasteiger partial charge in [0.15, 0.2) is 0 Å². The van der Waals surface area contributed by atoms with Crippen molar-refractivity contribution in [2.24, 2.45) is 0 Å². The molecule has 0 aromatic carbocycles. The van der Waals surface area contributed by atoms with E-state index in [9.17, 15) is 8.42 Å². The van der Waals surface area contributed by atoms with Crippen molar-refractivity contribution in [1.82, 2.24) is 10.0 Å². The van der Waals surface area contributed by atoms with E-state index in [1.54, 1.807) is 7.05 Å². The summed E-state index contributed by atoms with van der Waals surface area (Å²) in [5.41, 5.74) is 0. The van der Waals surface area contributed by atoms with E-state index in [0.717, 1.165) is 12.8 Å². The van der Waals surface area contributed by atoms with Crippen LogP contribution in [0.3, 0.4) is 0 Å². The third-order valence-corrected chi connectivity index (χ3v) is 3.60. The highest BCUT2D eigenvalue weighted by Crippen LogP contribution is 2.26. The molecule has 1 fully saturated rings. The van der Waals surface area contributed by atoms with E-state index in [2.05, 4.69) is 10.0 Å². The monoisotopic (exact) mass is 178 g/mol. The summed E-state index contributed by atoms with van der Waals surface area (Å²) in [5.74, 6) is 0. The Morgan fingerprint density at radius 2 is 2.00 bits per heavy atom. The maximum absolute atomic E-state index is 11.1. The molecular weight excluding hydrogens is 164 g/mol. The minimum atomic E-state index is -2.95. The molecule has 1 saturated carbocycles. The fourth-order valence-electron chi connectivity index (χ4n) is 0.814. The van der Waals surface area contributed by atoms with Crippen LogP contribution in [0.1, 0.15) is 12.8 Å². The van der Waals surface area contributed by atoms with Crippen molar-refractivity contribution < 1.29 is 8.42 Å². The molecule has 5 heteroatoms. The highest BCUT2D eigenvalue weighted by Gasteiger charge is 2.34. The van der Waals surface area contributed by atoms with Gasteiger partial charge in [0.1, 0.15) is 0 Å². The van der Waals surface area contributed by atoms with Gasteiger partial charge in [-0.1, -0.05) is 0 Å². The van der Waals surface area contributed by atoms with Crippen LogP contribution in [0, 0.1) is 0 Å². The molecule has 2 N–H and O–H groups in total. The Kier molecular flexibility index (Phi) is 2.86. The lowest BCUT2D eigenvalue weighted by molar-refractivity contribution is 0.578. The summed E-state index contributed by atoms with van der Waals surface area (Å²) in [6.07, 6.45) is 1.66. The van der Waals surface area contributed by atoms with Crippen molar-refractivity contribution in [2.45, 2.75) is 18.1 Å². The molecule has 0 bridgehead atoms. The van der Waals surface area contributed by atoms with Crippen LogP contribution in [0.25, 0.3) is 0 Å². The predicted octanol–water partition coefficient (Wildman–Crippen LogP) is -0.712. The van der Waals surface area contributed by atoms with Crippen LogP contribution in [-0.2, 0) is 10.0 Å². The van der Waals surface area contributed by atoms with Crippen LogP contribution in [0.4, 0.5) is 0 Å². The van der Waals surface area contributed by atoms with Crippen LogP contribution < -0.4 is 10.0 Å². The van der Waals surface area contributed by atoms with Gasteiger partial charge in [0.2, 0.25) is 10.0 Å². The fourth-order valence-corrected chi connectivity index (χ4v) is 2.19. The van der Waals surface area contributed by atoms with Crippen LogP contribution >= 0.6 is 0 Å². The normalized spacial score (nSPS) is 18.6. The van der Waals surface area contributed by atoms with E-state index in [1.807, 2.05) is 0 Å². The van der Waals surface area contributed by atoms with Gasteiger partial charge >= 0.3 is 0 Å². The molecule has 0 aromatic rings. The highest BCUT2D eigenvalue weighted by atomic mass is 32.2. The Hall–Kier alpha value is -0.130. The maximum atomic E-state index is 11.1. The Morgan fingerprint density at radius 1 is 1.36 bits per heavy atom. The standard InChI is InChI=1S/C6H14N2O2S/c1-7-4-5-8-11(9,10)6-2-3-6/h6-8H,2-5H2,1H3. The van der Waals surface area contributed by atoms with Gasteiger partial charge in [-0.15, -0.1) is 0 Å². The third-order valence-electron chi connectivity index (χ3n) is 1.64. The zero-order valence-corrected chi connectivity index (χ0v) is 7.45. The summed E-state index contributed by atoms with van der Waals surface area (Å²) in [4.78, 5) is 0. The van der Waals surface area contributed by atoms with Gasteiger partial charge in [-0.05, 0) is 19.9 Å². The molecule has 66 valence electrons. The second-order valence-corrected chi connectivity index (χ2v) is 4.79. The van der Waals surface area contributed by atoms with Gasteiger partial charge in [0.05, 0.1) is 5.25 Å². The zero-order chi connectivity index (χ0) is 8.32. The quantitative estimate of drug-likeness (QED) is 0.547. The number of sulfonamides is 1. The largest absolute Gasteiger partial charge is 0.318 e. The van der Waals surface area contributed by atoms with Gasteiger partial charge in [-0.2, -0.15) is 0 Å². The molecule has 0 saturated heterocycles. The SMILES string of the molecule is CNCCNS(=O)(=O)C1CC1. The predicted molar refractivity (Wildman–Crippen MR) is 43.9 cm³/mol. The van der Waals surface area contributed by atoms with Crippen molar-refractivity contribution in [2.75, 3.05) is 20.1 Å². The number of hydrogen-bond acceptors (Lipinski definition) is 3. The zero-order valence-electron chi connectivity index (χ0n) is 6.63. The summed E-state index contributed by atoms with van der Waals surface area (Å²) >= 11 is 0. The number of rotatable bonds is 5. The van der Waals surface area contributed by atoms with Crippen molar-refractivity contribution in [3.8, 4) is 0 Å². The van der Waals surface area contributed by atoms with E-state index in [0.29, 0.717) is 13.1 Å². The molecule has 11 heavy (non-hydrogen) atoms. The maximum Gasteiger partial charge on any atom is 0.214 e. The molecule has 1 aliphatic rings. The fraction of sp³-hybridized carbons (Fsp3) is 1.00. The molecule has 0 aliphatic heterocycles. The summed E-state index contributed by atoms with van der Waals surface area (Å²) in [6, 6.07) is 0. The Labute approximate surface area is 67.4 Å². The summed E-state index contributed by atoms with van der Waals surface area (Å²) in [6.45, 7) is 1.18. The van der Waals surface area contributed by atoms with Gasteiger partial charge in [-0.3, -0.25) is 0 Å². The van der Waals surface area contributed by atoms with E-state index in [4.69, 9.17) is 0 Å². The van der Waals surface area contributed by atoms with Crippen molar-refractivity contribution in [3.63, 3.8) is 0 Å². The number of nitrogens with one attached hydrogen (secondary N) is 2. The second kappa shape index (κ2) is 3.51. The molecule has 1 rings (SSSR count).